The van der Waals surface area contributed by atoms with Gasteiger partial charge in [0.2, 0.25) is 5.91 Å². The Balaban J connectivity index is 1.57. The van der Waals surface area contributed by atoms with E-state index in [1.54, 1.807) is 17.9 Å². The van der Waals surface area contributed by atoms with E-state index in [2.05, 4.69) is 25.3 Å². The molecule has 3 heterocycles. The van der Waals surface area contributed by atoms with Crippen LogP contribution in [0.1, 0.15) is 39.2 Å². The zero-order chi connectivity index (χ0) is 30.7. The van der Waals surface area contributed by atoms with Crippen molar-refractivity contribution in [2.24, 2.45) is 11.8 Å². The van der Waals surface area contributed by atoms with Crippen molar-refractivity contribution >= 4 is 29.2 Å². The summed E-state index contributed by atoms with van der Waals surface area (Å²) in [6.07, 6.45) is 2.53. The quantitative estimate of drug-likeness (QED) is 0.282. The molecule has 1 spiro atoms. The van der Waals surface area contributed by atoms with Crippen molar-refractivity contribution in [3.63, 3.8) is 0 Å². The van der Waals surface area contributed by atoms with Crippen LogP contribution in [0.3, 0.4) is 0 Å². The zero-order valence-corrected chi connectivity index (χ0v) is 25.4. The van der Waals surface area contributed by atoms with Crippen molar-refractivity contribution in [2.45, 2.75) is 63.8 Å². The molecule has 9 nitrogen and oxygen atoms in total. The molecule has 0 aliphatic carbocycles. The second kappa shape index (κ2) is 12.9. The van der Waals surface area contributed by atoms with E-state index >= 15 is 0 Å². The Morgan fingerprint density at radius 1 is 1.12 bits per heavy atom. The van der Waals surface area contributed by atoms with Crippen molar-refractivity contribution in [3.8, 4) is 0 Å². The predicted octanol–water partition coefficient (Wildman–Crippen LogP) is 3.59. The second-order valence-corrected chi connectivity index (χ2v) is 11.5. The molecule has 230 valence electrons. The fourth-order valence-corrected chi connectivity index (χ4v) is 7.44. The van der Waals surface area contributed by atoms with Crippen LogP contribution in [0, 0.1) is 11.8 Å². The summed E-state index contributed by atoms with van der Waals surface area (Å²) in [7, 11) is 0. The van der Waals surface area contributed by atoms with E-state index in [-0.39, 0.29) is 31.6 Å². The number of aliphatic hydroxyl groups is 1. The van der Waals surface area contributed by atoms with Crippen LogP contribution in [0.5, 0.6) is 0 Å². The topological polar surface area (TPSA) is 99.6 Å². The van der Waals surface area contributed by atoms with E-state index in [1.165, 1.54) is 4.90 Å². The third-order valence-electron chi connectivity index (χ3n) is 9.32. The Bertz CT molecular complexity index is 1310. The van der Waals surface area contributed by atoms with Gasteiger partial charge in [-0.2, -0.15) is 0 Å². The molecule has 5 rings (SSSR count). The first-order valence-corrected chi connectivity index (χ1v) is 15.4. The maximum absolute atomic E-state index is 14.8. The van der Waals surface area contributed by atoms with Crippen molar-refractivity contribution in [1.82, 2.24) is 4.90 Å². The number of carbonyl (C=O) groups excluding carboxylic acids is 3. The highest BCUT2D eigenvalue weighted by Crippen LogP contribution is 2.59. The van der Waals surface area contributed by atoms with E-state index in [4.69, 9.17) is 9.47 Å². The molecule has 0 aromatic heterocycles. The van der Waals surface area contributed by atoms with Gasteiger partial charge in [0.05, 0.1) is 37.2 Å². The first-order valence-electron chi connectivity index (χ1n) is 15.4. The molecule has 2 aromatic carbocycles. The standard InChI is InChI=1S/C34H43N3O6/c1-5-20-36(25-16-14-24(15-17-25)35(6-2)7-3)32(40)30-34-19-18-27(43-34)28(33(41)42-8-4)29(34)31(39)37(30)26(22-38)21-23-12-10-9-11-13-23/h5,9-17,26-30,38H,1,6-8,18-22H2,2-4H3/t26-,27-,28+,29+,30?,34?/m1/s1. The fraction of sp³-hybridized carbons (Fsp3) is 0.500. The molecule has 0 saturated carbocycles. The van der Waals surface area contributed by atoms with Gasteiger partial charge in [-0.15, -0.1) is 6.58 Å². The molecule has 3 aliphatic rings. The van der Waals surface area contributed by atoms with E-state index in [0.717, 1.165) is 24.3 Å². The summed E-state index contributed by atoms with van der Waals surface area (Å²) in [6, 6.07) is 15.7. The highest BCUT2D eigenvalue weighted by molar-refractivity contribution is 6.05. The third kappa shape index (κ3) is 5.33. The van der Waals surface area contributed by atoms with Crippen molar-refractivity contribution in [1.29, 1.82) is 0 Å². The Morgan fingerprint density at radius 2 is 1.79 bits per heavy atom. The van der Waals surface area contributed by atoms with Gasteiger partial charge in [-0.25, -0.2) is 0 Å². The van der Waals surface area contributed by atoms with Crippen molar-refractivity contribution in [2.75, 3.05) is 42.6 Å². The monoisotopic (exact) mass is 589 g/mol. The average molecular weight is 590 g/mol. The van der Waals surface area contributed by atoms with Gasteiger partial charge in [0.1, 0.15) is 11.6 Å². The number of hydrogen-bond acceptors (Lipinski definition) is 7. The van der Waals surface area contributed by atoms with E-state index in [0.29, 0.717) is 24.9 Å². The largest absolute Gasteiger partial charge is 0.466 e. The molecule has 1 N–H and O–H groups in total. The molecule has 9 heteroatoms. The average Bonchev–Trinajstić information content (AvgIpc) is 3.67. The Labute approximate surface area is 254 Å². The first kappa shape index (κ1) is 30.8. The zero-order valence-electron chi connectivity index (χ0n) is 25.4. The lowest BCUT2D eigenvalue weighted by molar-refractivity contribution is -0.155. The van der Waals surface area contributed by atoms with E-state index < -0.39 is 41.6 Å². The summed E-state index contributed by atoms with van der Waals surface area (Å²) in [6.45, 7) is 11.6. The summed E-state index contributed by atoms with van der Waals surface area (Å²) in [5.41, 5.74) is 1.46. The number of aliphatic hydroxyl groups excluding tert-OH is 1. The number of carbonyl (C=O) groups is 3. The molecule has 2 bridgehead atoms. The maximum atomic E-state index is 14.8. The van der Waals surface area contributed by atoms with Gasteiger partial charge < -0.3 is 29.3 Å². The van der Waals surface area contributed by atoms with Crippen molar-refractivity contribution in [3.05, 3.63) is 72.8 Å². The SMILES string of the molecule is C=CCN(C(=O)C1N([C@@H](CO)Cc2ccccc2)C(=O)[C@@H]2[C@@H](C(=O)OCC)[C@H]3CCC12O3)c1ccc(N(CC)CC)cc1. The van der Waals surface area contributed by atoms with Crippen molar-refractivity contribution < 1.29 is 29.0 Å². The van der Waals surface area contributed by atoms with Gasteiger partial charge in [0, 0.05) is 31.0 Å². The fourth-order valence-electron chi connectivity index (χ4n) is 7.44. The number of benzene rings is 2. The molecule has 6 atom stereocenters. The van der Waals surface area contributed by atoms with Crippen LogP contribution in [0.2, 0.25) is 0 Å². The maximum Gasteiger partial charge on any atom is 0.312 e. The lowest BCUT2D eigenvalue weighted by Crippen LogP contribution is -2.59. The van der Waals surface area contributed by atoms with Crippen LogP contribution in [0.4, 0.5) is 11.4 Å². The molecular weight excluding hydrogens is 546 g/mol. The highest BCUT2D eigenvalue weighted by Gasteiger charge is 2.75. The van der Waals surface area contributed by atoms with Crippen LogP contribution in [-0.2, 0) is 30.3 Å². The van der Waals surface area contributed by atoms with Crippen LogP contribution in [0.25, 0.3) is 0 Å². The summed E-state index contributed by atoms with van der Waals surface area (Å²) >= 11 is 0. The van der Waals surface area contributed by atoms with Gasteiger partial charge in [-0.1, -0.05) is 36.4 Å². The molecule has 0 radical (unpaired) electrons. The smallest absolute Gasteiger partial charge is 0.312 e. The van der Waals surface area contributed by atoms with Crippen LogP contribution < -0.4 is 9.80 Å². The minimum absolute atomic E-state index is 0.186. The minimum atomic E-state index is -1.19. The number of fused-ring (bicyclic) bond motifs is 1. The Kier molecular flexibility index (Phi) is 9.22. The summed E-state index contributed by atoms with van der Waals surface area (Å²) in [4.78, 5) is 47.8. The summed E-state index contributed by atoms with van der Waals surface area (Å²) in [5, 5.41) is 10.7. The molecule has 43 heavy (non-hydrogen) atoms. The Hall–Kier alpha value is -3.69. The van der Waals surface area contributed by atoms with Gasteiger partial charge in [-0.05, 0) is 69.9 Å². The number of rotatable bonds is 13. The first-order chi connectivity index (χ1) is 20.8. The molecular formula is C34H43N3O6. The number of nitrogens with zero attached hydrogens (tertiary/aromatic N) is 3. The van der Waals surface area contributed by atoms with Crippen LogP contribution in [-0.4, -0.2) is 84.4 Å². The van der Waals surface area contributed by atoms with Gasteiger partial charge in [-0.3, -0.25) is 14.4 Å². The molecule has 3 aliphatic heterocycles. The van der Waals surface area contributed by atoms with Gasteiger partial charge in [0.15, 0.2) is 0 Å². The lowest BCUT2D eigenvalue weighted by Gasteiger charge is -2.39. The normalized spacial score (nSPS) is 26.2. The summed E-state index contributed by atoms with van der Waals surface area (Å²) < 4.78 is 12.0. The van der Waals surface area contributed by atoms with E-state index in [9.17, 15) is 19.5 Å². The minimum Gasteiger partial charge on any atom is -0.466 e. The van der Waals surface area contributed by atoms with E-state index in [1.807, 2.05) is 54.6 Å². The number of anilines is 2. The molecule has 3 saturated heterocycles. The van der Waals surface area contributed by atoms with Crippen LogP contribution in [0.15, 0.2) is 67.3 Å². The number of likely N-dealkylation sites (tertiary alicyclic amines) is 1. The van der Waals surface area contributed by atoms with Gasteiger partial charge >= 0.3 is 5.97 Å². The number of esters is 1. The highest BCUT2D eigenvalue weighted by atomic mass is 16.6. The molecule has 2 unspecified atom stereocenters. The van der Waals surface area contributed by atoms with Crippen LogP contribution >= 0.6 is 0 Å². The molecule has 2 aromatic rings. The molecule has 2 amide bonds. The molecule has 3 fully saturated rings. The van der Waals surface area contributed by atoms with Gasteiger partial charge in [0.25, 0.3) is 5.91 Å². The second-order valence-electron chi connectivity index (χ2n) is 11.5. The number of hydrogen-bond donors (Lipinski definition) is 1. The number of ether oxygens (including phenoxy) is 2. The predicted molar refractivity (Wildman–Crippen MR) is 165 cm³/mol. The number of amides is 2. The third-order valence-corrected chi connectivity index (χ3v) is 9.32. The summed E-state index contributed by atoms with van der Waals surface area (Å²) in [5.74, 6) is -2.79. The lowest BCUT2D eigenvalue weighted by atomic mass is 9.70. The Morgan fingerprint density at radius 3 is 2.40 bits per heavy atom.